The molecule has 0 aliphatic carbocycles. The van der Waals surface area contributed by atoms with E-state index in [1.54, 1.807) is 0 Å². The third-order valence-electron chi connectivity index (χ3n) is 13.1. The predicted molar refractivity (Wildman–Crippen MR) is 272 cm³/mol. The summed E-state index contributed by atoms with van der Waals surface area (Å²) in [6.07, 6.45) is 0. The number of fused-ring (bicyclic) bond motifs is 6. The highest BCUT2D eigenvalue weighted by Gasteiger charge is 2.31. The molecule has 10 aromatic carbocycles. The molecule has 0 aliphatic heterocycles. The number of rotatable bonds is 7. The molecule has 312 valence electrons. The minimum atomic E-state index is -0.872. The van der Waals surface area contributed by atoms with E-state index in [2.05, 4.69) is 133 Å². The second kappa shape index (κ2) is 16.1. The lowest BCUT2D eigenvalue weighted by atomic mass is 9.93. The first kappa shape index (κ1) is 39.3. The van der Waals surface area contributed by atoms with Gasteiger partial charge in [-0.3, -0.25) is 0 Å². The topological polar surface area (TPSA) is 57.4 Å². The van der Waals surface area contributed by atoms with Crippen molar-refractivity contribution in [1.82, 2.24) is 9.13 Å². The standard InChI is InChI=1S/C62H37FN4/c63-60-53(38-64)61(66-55-30-26-45(40-16-6-1-7-17-40)34-49(55)50-35-46(27-31-56(50)66)41-18-8-2-9-19-41)59(44-24-14-5-15-25-44)62(54(60)39-65)67-57-32-28-47(42-20-10-3-11-21-42)36-51(57)52-37-48(29-33-58(52)67)43-22-12-4-13-23-43/h1-37H. The van der Waals surface area contributed by atoms with E-state index >= 15 is 4.39 Å². The van der Waals surface area contributed by atoms with E-state index in [4.69, 9.17) is 0 Å². The molecule has 0 saturated heterocycles. The third-order valence-corrected chi connectivity index (χ3v) is 13.1. The van der Waals surface area contributed by atoms with Gasteiger partial charge in [-0.15, -0.1) is 0 Å². The summed E-state index contributed by atoms with van der Waals surface area (Å²) >= 11 is 0. The van der Waals surface area contributed by atoms with E-state index in [-0.39, 0.29) is 11.1 Å². The molecule has 12 rings (SSSR count). The maximum Gasteiger partial charge on any atom is 0.163 e. The summed E-state index contributed by atoms with van der Waals surface area (Å²) in [4.78, 5) is 0. The molecule has 0 spiro atoms. The van der Waals surface area contributed by atoms with Crippen LogP contribution in [-0.4, -0.2) is 9.13 Å². The van der Waals surface area contributed by atoms with E-state index in [9.17, 15) is 10.5 Å². The molecule has 12 aromatic rings. The van der Waals surface area contributed by atoms with Gasteiger partial charge in [-0.2, -0.15) is 10.5 Å². The van der Waals surface area contributed by atoms with Gasteiger partial charge in [0.2, 0.25) is 0 Å². The Balaban J connectivity index is 1.24. The predicted octanol–water partition coefficient (Wildman–Crippen LogP) is 16.1. The van der Waals surface area contributed by atoms with Crippen LogP contribution in [0.4, 0.5) is 4.39 Å². The van der Waals surface area contributed by atoms with Crippen LogP contribution >= 0.6 is 0 Å². The van der Waals surface area contributed by atoms with Crippen LogP contribution < -0.4 is 0 Å². The summed E-state index contributed by atoms with van der Waals surface area (Å²) in [7, 11) is 0. The molecule has 0 radical (unpaired) electrons. The van der Waals surface area contributed by atoms with E-state index in [1.165, 1.54) is 0 Å². The van der Waals surface area contributed by atoms with Gasteiger partial charge in [0, 0.05) is 27.1 Å². The number of hydrogen-bond acceptors (Lipinski definition) is 2. The number of halogens is 1. The normalized spacial score (nSPS) is 11.3. The number of nitriles is 2. The molecule has 0 amide bonds. The van der Waals surface area contributed by atoms with Crippen LogP contribution in [0.15, 0.2) is 224 Å². The van der Waals surface area contributed by atoms with Gasteiger partial charge in [0.1, 0.15) is 23.3 Å². The van der Waals surface area contributed by atoms with Gasteiger partial charge in [-0.25, -0.2) is 4.39 Å². The van der Waals surface area contributed by atoms with Gasteiger partial charge in [0.05, 0.1) is 33.4 Å². The Morgan fingerprint density at radius 2 is 0.552 bits per heavy atom. The molecule has 0 bridgehead atoms. The first-order valence-electron chi connectivity index (χ1n) is 22.2. The van der Waals surface area contributed by atoms with E-state index in [1.807, 2.05) is 112 Å². The van der Waals surface area contributed by atoms with Crippen LogP contribution in [0.2, 0.25) is 0 Å². The van der Waals surface area contributed by atoms with Crippen molar-refractivity contribution in [3.8, 4) is 79.1 Å². The molecule has 2 heterocycles. The van der Waals surface area contributed by atoms with Gasteiger partial charge >= 0.3 is 0 Å². The highest BCUT2D eigenvalue weighted by atomic mass is 19.1. The zero-order chi connectivity index (χ0) is 45.0. The van der Waals surface area contributed by atoms with E-state index < -0.39 is 5.82 Å². The van der Waals surface area contributed by atoms with Crippen LogP contribution in [0.5, 0.6) is 0 Å². The second-order valence-corrected chi connectivity index (χ2v) is 16.8. The Morgan fingerprint density at radius 1 is 0.299 bits per heavy atom. The first-order chi connectivity index (χ1) is 33.1. The van der Waals surface area contributed by atoms with Gasteiger partial charge in [-0.1, -0.05) is 176 Å². The molecule has 0 N–H and O–H groups in total. The SMILES string of the molecule is N#Cc1c(F)c(C#N)c(-n2c3ccc(-c4ccccc4)cc3c3cc(-c4ccccc4)ccc32)c(-c2ccccc2)c1-n1c2ccc(-c3ccccc3)cc2c2cc(-c3ccccc3)ccc21. The average molecular weight is 857 g/mol. The number of nitrogens with zero attached hydrogens (tertiary/aromatic N) is 4. The van der Waals surface area contributed by atoms with Crippen molar-refractivity contribution in [1.29, 1.82) is 10.5 Å². The first-order valence-corrected chi connectivity index (χ1v) is 22.2. The zero-order valence-corrected chi connectivity index (χ0v) is 36.0. The number of benzene rings is 10. The fourth-order valence-electron chi connectivity index (χ4n) is 9.99. The smallest absolute Gasteiger partial charge is 0.163 e. The zero-order valence-electron chi connectivity index (χ0n) is 36.0. The summed E-state index contributed by atoms with van der Waals surface area (Å²) in [6, 6.07) is 80.8. The van der Waals surface area contributed by atoms with Gasteiger partial charge < -0.3 is 9.13 Å². The summed E-state index contributed by atoms with van der Waals surface area (Å²) in [5.74, 6) is -0.872. The van der Waals surface area contributed by atoms with Crippen molar-refractivity contribution < 1.29 is 4.39 Å². The van der Waals surface area contributed by atoms with Crippen molar-refractivity contribution in [3.63, 3.8) is 0 Å². The van der Waals surface area contributed by atoms with Crippen molar-refractivity contribution in [3.05, 3.63) is 241 Å². The van der Waals surface area contributed by atoms with Crippen molar-refractivity contribution in [2.24, 2.45) is 0 Å². The highest BCUT2D eigenvalue weighted by molar-refractivity contribution is 6.15. The fourth-order valence-corrected chi connectivity index (χ4v) is 9.99. The molecule has 0 atom stereocenters. The molecule has 5 heteroatoms. The third kappa shape index (κ3) is 6.41. The van der Waals surface area contributed by atoms with E-state index in [0.29, 0.717) is 16.9 Å². The van der Waals surface area contributed by atoms with Gasteiger partial charge in [0.25, 0.3) is 0 Å². The van der Waals surface area contributed by atoms with Crippen LogP contribution in [0, 0.1) is 28.5 Å². The summed E-state index contributed by atoms with van der Waals surface area (Å²) in [5, 5.41) is 26.3. The number of aromatic nitrogens is 2. The quantitative estimate of drug-likeness (QED) is 0.160. The summed E-state index contributed by atoms with van der Waals surface area (Å²) in [6.45, 7) is 0. The second-order valence-electron chi connectivity index (χ2n) is 16.8. The van der Waals surface area contributed by atoms with Crippen LogP contribution in [0.3, 0.4) is 0 Å². The summed E-state index contributed by atoms with van der Waals surface area (Å²) < 4.78 is 22.0. The maximum absolute atomic E-state index is 17.9. The largest absolute Gasteiger partial charge is 0.307 e. The molecular weight excluding hydrogens is 820 g/mol. The fraction of sp³-hybridized carbons (Fsp3) is 0. The lowest BCUT2D eigenvalue weighted by Crippen LogP contribution is -2.11. The van der Waals surface area contributed by atoms with Gasteiger partial charge in [-0.05, 0) is 98.6 Å². The lowest BCUT2D eigenvalue weighted by molar-refractivity contribution is 0.618. The molecule has 4 nitrogen and oxygen atoms in total. The Bertz CT molecular complexity index is 3540. The highest BCUT2D eigenvalue weighted by Crippen LogP contribution is 2.47. The molecule has 0 unspecified atom stereocenters. The van der Waals surface area contributed by atoms with Crippen molar-refractivity contribution in [2.45, 2.75) is 0 Å². The van der Waals surface area contributed by atoms with Crippen molar-refractivity contribution in [2.75, 3.05) is 0 Å². The van der Waals surface area contributed by atoms with E-state index in [0.717, 1.165) is 93.7 Å². The molecular formula is C62H37FN4. The summed E-state index contributed by atoms with van der Waals surface area (Å²) in [5.41, 5.74) is 13.2. The maximum atomic E-state index is 17.9. The Morgan fingerprint density at radius 3 is 0.806 bits per heavy atom. The Hall–Kier alpha value is -9.29. The van der Waals surface area contributed by atoms with Crippen molar-refractivity contribution >= 4 is 43.6 Å². The minimum absolute atomic E-state index is 0.212. The Labute approximate surface area is 386 Å². The molecule has 0 fully saturated rings. The average Bonchev–Trinajstić information content (AvgIpc) is 3.90. The molecule has 2 aromatic heterocycles. The molecule has 67 heavy (non-hydrogen) atoms. The minimum Gasteiger partial charge on any atom is -0.307 e. The molecule has 0 saturated carbocycles. The van der Waals surface area contributed by atoms with Crippen LogP contribution in [-0.2, 0) is 0 Å². The monoisotopic (exact) mass is 856 g/mol. The number of hydrogen-bond donors (Lipinski definition) is 0. The van der Waals surface area contributed by atoms with Crippen LogP contribution in [0.1, 0.15) is 11.1 Å². The Kier molecular flexibility index (Phi) is 9.42. The lowest BCUT2D eigenvalue weighted by Gasteiger charge is -2.23. The van der Waals surface area contributed by atoms with Gasteiger partial charge in [0.15, 0.2) is 5.82 Å². The molecule has 0 aliphatic rings. The van der Waals surface area contributed by atoms with Crippen LogP contribution in [0.25, 0.3) is 111 Å².